The van der Waals surface area contributed by atoms with Gasteiger partial charge in [0.05, 0.1) is 11.3 Å². The average Bonchev–Trinajstić information content (AvgIpc) is 2.54. The van der Waals surface area contributed by atoms with Gasteiger partial charge in [0, 0.05) is 0 Å². The lowest BCUT2D eigenvalue weighted by atomic mass is 10.0. The molecule has 5 heteroatoms. The molecule has 74 valence electrons. The largest absolute Gasteiger partial charge is 0.337 e. The van der Waals surface area contributed by atoms with Gasteiger partial charge >= 0.3 is 0 Å². The van der Waals surface area contributed by atoms with Gasteiger partial charge in [-0.15, -0.1) is 0 Å². The van der Waals surface area contributed by atoms with E-state index in [1.807, 2.05) is 20.1 Å². The van der Waals surface area contributed by atoms with Crippen molar-refractivity contribution in [1.82, 2.24) is 10.1 Å². The Morgan fingerprint density at radius 3 is 2.85 bits per heavy atom. The lowest BCUT2D eigenvalue weighted by Gasteiger charge is -2.16. The molecule has 0 spiro atoms. The minimum absolute atomic E-state index is 0.496. The number of nitrogens with zero attached hydrogens (tertiary/aromatic N) is 2. The molecule has 4 nitrogen and oxygen atoms in total. The number of hydrogen-bond acceptors (Lipinski definition) is 5. The Morgan fingerprint density at radius 2 is 2.31 bits per heavy atom. The first-order chi connectivity index (χ1) is 6.10. The van der Waals surface area contributed by atoms with Crippen LogP contribution in [0.4, 0.5) is 0 Å². The highest BCUT2D eigenvalue weighted by Crippen LogP contribution is 2.19. The molecular formula is C8H15N3OS. The molecule has 0 bridgehead atoms. The molecule has 1 rings (SSSR count). The summed E-state index contributed by atoms with van der Waals surface area (Å²) in [7, 11) is 0. The predicted molar refractivity (Wildman–Crippen MR) is 53.3 cm³/mol. The maximum atomic E-state index is 5.94. The molecule has 0 aliphatic heterocycles. The standard InChI is InChI=1S/C8H15N3OS/c1-4-8(2,9)7-10-6(5-13-3)11-12-7/h4-5,9H2,1-3H3. The van der Waals surface area contributed by atoms with Crippen LogP contribution >= 0.6 is 11.8 Å². The van der Waals surface area contributed by atoms with Crippen LogP contribution in [-0.4, -0.2) is 16.4 Å². The van der Waals surface area contributed by atoms with E-state index in [0.717, 1.165) is 12.2 Å². The van der Waals surface area contributed by atoms with Gasteiger partial charge in [0.15, 0.2) is 5.82 Å². The van der Waals surface area contributed by atoms with Gasteiger partial charge in [-0.2, -0.15) is 16.7 Å². The smallest absolute Gasteiger partial charge is 0.246 e. The molecule has 1 heterocycles. The van der Waals surface area contributed by atoms with E-state index in [0.29, 0.717) is 11.7 Å². The molecule has 0 fully saturated rings. The van der Waals surface area contributed by atoms with Crippen molar-refractivity contribution in [3.8, 4) is 0 Å². The van der Waals surface area contributed by atoms with Gasteiger partial charge in [-0.05, 0) is 19.6 Å². The second-order valence-corrected chi connectivity index (χ2v) is 4.09. The Hall–Kier alpha value is -0.550. The lowest BCUT2D eigenvalue weighted by molar-refractivity contribution is 0.290. The molecule has 1 aromatic heterocycles. The molecule has 1 atom stereocenters. The number of aromatic nitrogens is 2. The number of nitrogens with two attached hydrogens (primary N) is 1. The van der Waals surface area contributed by atoms with Crippen LogP contribution in [0.25, 0.3) is 0 Å². The van der Waals surface area contributed by atoms with Crippen molar-refractivity contribution in [2.75, 3.05) is 6.26 Å². The minimum Gasteiger partial charge on any atom is -0.337 e. The monoisotopic (exact) mass is 201 g/mol. The van der Waals surface area contributed by atoms with Gasteiger partial charge in [0.25, 0.3) is 0 Å². The minimum atomic E-state index is -0.496. The summed E-state index contributed by atoms with van der Waals surface area (Å²) in [4.78, 5) is 4.22. The van der Waals surface area contributed by atoms with E-state index in [9.17, 15) is 0 Å². The highest BCUT2D eigenvalue weighted by Gasteiger charge is 2.25. The third-order valence-electron chi connectivity index (χ3n) is 1.96. The second kappa shape index (κ2) is 4.11. The first kappa shape index (κ1) is 10.5. The zero-order valence-corrected chi connectivity index (χ0v) is 9.02. The molecule has 1 aromatic rings. The molecular weight excluding hydrogens is 186 g/mol. The fraction of sp³-hybridized carbons (Fsp3) is 0.750. The zero-order chi connectivity index (χ0) is 9.90. The number of hydrogen-bond donors (Lipinski definition) is 1. The maximum absolute atomic E-state index is 5.94. The number of thioether (sulfide) groups is 1. The van der Waals surface area contributed by atoms with E-state index in [1.54, 1.807) is 11.8 Å². The van der Waals surface area contributed by atoms with Crippen molar-refractivity contribution >= 4 is 11.8 Å². The van der Waals surface area contributed by atoms with E-state index in [1.165, 1.54) is 0 Å². The molecule has 2 N–H and O–H groups in total. The van der Waals surface area contributed by atoms with Crippen LogP contribution in [0.5, 0.6) is 0 Å². The summed E-state index contributed by atoms with van der Waals surface area (Å²) in [6.45, 7) is 3.89. The summed E-state index contributed by atoms with van der Waals surface area (Å²) < 4.78 is 5.07. The molecule has 0 saturated heterocycles. The van der Waals surface area contributed by atoms with Gasteiger partial charge in [0.2, 0.25) is 5.89 Å². The van der Waals surface area contributed by atoms with Crippen molar-refractivity contribution in [3.63, 3.8) is 0 Å². The molecule has 0 aromatic carbocycles. The summed E-state index contributed by atoms with van der Waals surface area (Å²) in [6, 6.07) is 0. The third-order valence-corrected chi connectivity index (χ3v) is 2.51. The summed E-state index contributed by atoms with van der Waals surface area (Å²) in [5.41, 5.74) is 5.45. The molecule has 0 aliphatic rings. The quantitative estimate of drug-likeness (QED) is 0.800. The van der Waals surface area contributed by atoms with Crippen LogP contribution in [0.2, 0.25) is 0 Å². The van der Waals surface area contributed by atoms with Crippen molar-refractivity contribution < 1.29 is 4.52 Å². The van der Waals surface area contributed by atoms with E-state index in [-0.39, 0.29) is 0 Å². The normalized spacial score (nSPS) is 15.7. The fourth-order valence-electron chi connectivity index (χ4n) is 0.825. The van der Waals surface area contributed by atoms with Gasteiger partial charge in [0.1, 0.15) is 0 Å². The van der Waals surface area contributed by atoms with Crippen LogP contribution in [-0.2, 0) is 11.3 Å². The predicted octanol–water partition coefficient (Wildman–Crippen LogP) is 1.52. The van der Waals surface area contributed by atoms with Crippen molar-refractivity contribution in [2.45, 2.75) is 31.6 Å². The van der Waals surface area contributed by atoms with Gasteiger partial charge in [-0.1, -0.05) is 12.1 Å². The van der Waals surface area contributed by atoms with Crippen molar-refractivity contribution in [2.24, 2.45) is 5.73 Å². The molecule has 0 radical (unpaired) electrons. The maximum Gasteiger partial charge on any atom is 0.246 e. The second-order valence-electron chi connectivity index (χ2n) is 3.22. The summed E-state index contributed by atoms with van der Waals surface area (Å²) in [5.74, 6) is 2.01. The van der Waals surface area contributed by atoms with Crippen LogP contribution in [0.1, 0.15) is 32.0 Å². The number of rotatable bonds is 4. The van der Waals surface area contributed by atoms with Gasteiger partial charge in [-0.25, -0.2) is 0 Å². The first-order valence-electron chi connectivity index (χ1n) is 4.21. The summed E-state index contributed by atoms with van der Waals surface area (Å²) >= 11 is 1.66. The first-order valence-corrected chi connectivity index (χ1v) is 5.60. The van der Waals surface area contributed by atoms with E-state index in [4.69, 9.17) is 10.3 Å². The topological polar surface area (TPSA) is 64.9 Å². The summed E-state index contributed by atoms with van der Waals surface area (Å²) in [5, 5.41) is 3.83. The Morgan fingerprint density at radius 1 is 1.62 bits per heavy atom. The van der Waals surface area contributed by atoms with Crippen molar-refractivity contribution in [1.29, 1.82) is 0 Å². The molecule has 0 aliphatic carbocycles. The summed E-state index contributed by atoms with van der Waals surface area (Å²) in [6.07, 6.45) is 2.78. The SMILES string of the molecule is CCC(C)(N)c1nc(CSC)no1. The Labute approximate surface area is 82.3 Å². The van der Waals surface area contributed by atoms with Crippen molar-refractivity contribution in [3.05, 3.63) is 11.7 Å². The zero-order valence-electron chi connectivity index (χ0n) is 8.20. The van der Waals surface area contributed by atoms with Crippen LogP contribution in [0.15, 0.2) is 4.52 Å². The molecule has 0 amide bonds. The lowest BCUT2D eigenvalue weighted by Crippen LogP contribution is -2.32. The highest BCUT2D eigenvalue weighted by atomic mass is 32.2. The molecule has 0 saturated carbocycles. The van der Waals surface area contributed by atoms with Crippen LogP contribution in [0, 0.1) is 0 Å². The van der Waals surface area contributed by atoms with Gasteiger partial charge < -0.3 is 10.3 Å². The average molecular weight is 201 g/mol. The Balaban J connectivity index is 2.79. The highest BCUT2D eigenvalue weighted by molar-refractivity contribution is 7.97. The van der Waals surface area contributed by atoms with Crippen LogP contribution < -0.4 is 5.73 Å². The van der Waals surface area contributed by atoms with Crippen LogP contribution in [0.3, 0.4) is 0 Å². The third kappa shape index (κ3) is 2.45. The molecule has 13 heavy (non-hydrogen) atoms. The van der Waals surface area contributed by atoms with E-state index < -0.39 is 5.54 Å². The Kier molecular flexibility index (Phi) is 3.33. The molecule has 1 unspecified atom stereocenters. The fourth-order valence-corrected chi connectivity index (χ4v) is 1.20. The van der Waals surface area contributed by atoms with E-state index in [2.05, 4.69) is 10.1 Å². The Bertz CT molecular complexity index is 272. The van der Waals surface area contributed by atoms with E-state index >= 15 is 0 Å². The van der Waals surface area contributed by atoms with Gasteiger partial charge in [-0.3, -0.25) is 0 Å².